The molecule has 30 heavy (non-hydrogen) atoms. The Labute approximate surface area is 178 Å². The van der Waals surface area contributed by atoms with Gasteiger partial charge in [-0.25, -0.2) is 0 Å². The van der Waals surface area contributed by atoms with Crippen LogP contribution in [0.5, 0.6) is 5.75 Å². The molecule has 0 aliphatic carbocycles. The van der Waals surface area contributed by atoms with Gasteiger partial charge in [0.05, 0.1) is 30.7 Å². The number of carbonyl (C=O) groups is 1. The van der Waals surface area contributed by atoms with Crippen LogP contribution in [0.25, 0.3) is 6.08 Å². The fourth-order valence-electron chi connectivity index (χ4n) is 3.30. The molecule has 5 nitrogen and oxygen atoms in total. The fourth-order valence-corrected chi connectivity index (χ4v) is 3.30. The van der Waals surface area contributed by atoms with Crippen molar-refractivity contribution in [3.63, 3.8) is 0 Å². The van der Waals surface area contributed by atoms with Crippen molar-refractivity contribution in [2.24, 2.45) is 0 Å². The van der Waals surface area contributed by atoms with Gasteiger partial charge in [0.1, 0.15) is 5.75 Å². The Morgan fingerprint density at radius 3 is 2.57 bits per heavy atom. The van der Waals surface area contributed by atoms with E-state index in [1.54, 1.807) is 13.2 Å². The third-order valence-electron chi connectivity index (χ3n) is 5.13. The van der Waals surface area contributed by atoms with E-state index in [1.807, 2.05) is 61.0 Å². The summed E-state index contributed by atoms with van der Waals surface area (Å²) in [5, 5.41) is 7.57. The Hall–Kier alpha value is -3.34. The number of aromatic nitrogens is 2. The average molecular weight is 404 g/mol. The lowest BCUT2D eigenvalue weighted by molar-refractivity contribution is -0.111. The van der Waals surface area contributed by atoms with Crippen LogP contribution in [0.1, 0.15) is 47.8 Å². The zero-order chi connectivity index (χ0) is 21.7. The van der Waals surface area contributed by atoms with Crippen molar-refractivity contribution in [1.29, 1.82) is 0 Å². The van der Waals surface area contributed by atoms with Crippen molar-refractivity contribution in [1.82, 2.24) is 9.78 Å². The number of methoxy groups -OCH3 is 1. The summed E-state index contributed by atoms with van der Waals surface area (Å²) in [5.74, 6) is 1.13. The minimum atomic E-state index is -0.171. The molecule has 0 unspecified atom stereocenters. The van der Waals surface area contributed by atoms with Crippen LogP contribution in [0.15, 0.2) is 54.6 Å². The smallest absolute Gasteiger partial charge is 0.248 e. The molecule has 0 atom stereocenters. The third kappa shape index (κ3) is 5.17. The Bertz CT molecular complexity index is 1050. The SMILES string of the molecule is COc1cccc(Cn2nc(C)c(NC(=O)/C=C/c3ccc(C(C)C)cc3)c2C)c1. The number of nitrogens with one attached hydrogen (secondary N) is 1. The number of aryl methyl sites for hydroxylation is 1. The molecule has 5 heteroatoms. The van der Waals surface area contributed by atoms with Gasteiger partial charge in [-0.1, -0.05) is 50.2 Å². The lowest BCUT2D eigenvalue weighted by Crippen LogP contribution is -2.10. The van der Waals surface area contributed by atoms with Gasteiger partial charge in [-0.3, -0.25) is 9.48 Å². The average Bonchev–Trinajstić information content (AvgIpc) is 3.00. The zero-order valence-corrected chi connectivity index (χ0v) is 18.3. The van der Waals surface area contributed by atoms with Crippen LogP contribution < -0.4 is 10.1 Å². The van der Waals surface area contributed by atoms with E-state index in [1.165, 1.54) is 5.56 Å². The summed E-state index contributed by atoms with van der Waals surface area (Å²) < 4.78 is 7.19. The van der Waals surface area contributed by atoms with E-state index in [9.17, 15) is 4.79 Å². The fraction of sp³-hybridized carbons (Fsp3) is 0.280. The number of hydrogen-bond acceptors (Lipinski definition) is 3. The number of carbonyl (C=O) groups excluding carboxylic acids is 1. The Morgan fingerprint density at radius 2 is 1.90 bits per heavy atom. The molecule has 3 rings (SSSR count). The largest absolute Gasteiger partial charge is 0.497 e. The topological polar surface area (TPSA) is 56.1 Å². The number of amides is 1. The van der Waals surface area contributed by atoms with E-state index in [-0.39, 0.29) is 5.91 Å². The van der Waals surface area contributed by atoms with Crippen molar-refractivity contribution < 1.29 is 9.53 Å². The highest BCUT2D eigenvalue weighted by atomic mass is 16.5. The molecule has 1 amide bonds. The van der Waals surface area contributed by atoms with Crippen molar-refractivity contribution in [3.8, 4) is 5.75 Å². The van der Waals surface area contributed by atoms with Gasteiger partial charge in [0.15, 0.2) is 0 Å². The molecule has 1 N–H and O–H groups in total. The van der Waals surface area contributed by atoms with Crippen LogP contribution in [0, 0.1) is 13.8 Å². The standard InChI is InChI=1S/C25H29N3O2/c1-17(2)22-12-9-20(10-13-22)11-14-24(29)26-25-18(3)27-28(19(25)4)16-21-7-6-8-23(15-21)30-5/h6-15,17H,16H2,1-5H3,(H,26,29)/b14-11+. The molecule has 0 aliphatic rings. The second-order valence-electron chi connectivity index (χ2n) is 7.70. The maximum Gasteiger partial charge on any atom is 0.248 e. The van der Waals surface area contributed by atoms with E-state index >= 15 is 0 Å². The highest BCUT2D eigenvalue weighted by Crippen LogP contribution is 2.22. The van der Waals surface area contributed by atoms with Crippen LogP contribution in [0.3, 0.4) is 0 Å². The molecular weight excluding hydrogens is 374 g/mol. The first-order chi connectivity index (χ1) is 14.4. The molecular formula is C25H29N3O2. The van der Waals surface area contributed by atoms with Crippen molar-refractivity contribution >= 4 is 17.7 Å². The van der Waals surface area contributed by atoms with Gasteiger partial charge in [-0.05, 0) is 54.7 Å². The number of rotatable bonds is 7. The molecule has 0 fully saturated rings. The van der Waals surface area contributed by atoms with Gasteiger partial charge < -0.3 is 10.1 Å². The molecule has 0 saturated carbocycles. The first-order valence-electron chi connectivity index (χ1n) is 10.1. The normalized spacial score (nSPS) is 11.3. The van der Waals surface area contributed by atoms with E-state index in [4.69, 9.17) is 4.74 Å². The lowest BCUT2D eigenvalue weighted by atomic mass is 10.0. The van der Waals surface area contributed by atoms with Gasteiger partial charge in [-0.15, -0.1) is 0 Å². The van der Waals surface area contributed by atoms with Gasteiger partial charge in [0, 0.05) is 6.08 Å². The summed E-state index contributed by atoms with van der Waals surface area (Å²) >= 11 is 0. The monoisotopic (exact) mass is 403 g/mol. The van der Waals surface area contributed by atoms with Crippen molar-refractivity contribution in [3.05, 3.63) is 82.7 Å². The quantitative estimate of drug-likeness (QED) is 0.542. The lowest BCUT2D eigenvalue weighted by Gasteiger charge is -2.08. The summed E-state index contributed by atoms with van der Waals surface area (Å²) in [5.41, 5.74) is 5.82. The second kappa shape index (κ2) is 9.44. The highest BCUT2D eigenvalue weighted by Gasteiger charge is 2.13. The molecule has 2 aromatic carbocycles. The van der Waals surface area contributed by atoms with Gasteiger partial charge in [0.2, 0.25) is 5.91 Å². The molecule has 3 aromatic rings. The Balaban J connectivity index is 1.69. The Kier molecular flexibility index (Phi) is 6.72. The number of hydrogen-bond donors (Lipinski definition) is 1. The molecule has 1 heterocycles. The minimum absolute atomic E-state index is 0.171. The molecule has 0 spiro atoms. The molecule has 156 valence electrons. The van der Waals surface area contributed by atoms with Crippen LogP contribution in [-0.2, 0) is 11.3 Å². The summed E-state index contributed by atoms with van der Waals surface area (Å²) in [6.07, 6.45) is 3.38. The van der Waals surface area contributed by atoms with Gasteiger partial charge >= 0.3 is 0 Å². The molecule has 0 radical (unpaired) electrons. The Morgan fingerprint density at radius 1 is 1.17 bits per heavy atom. The van der Waals surface area contributed by atoms with E-state index in [0.29, 0.717) is 12.5 Å². The highest BCUT2D eigenvalue weighted by molar-refractivity contribution is 6.02. The third-order valence-corrected chi connectivity index (χ3v) is 5.13. The predicted octanol–water partition coefficient (Wildman–Crippen LogP) is 5.33. The number of anilines is 1. The number of benzene rings is 2. The first-order valence-corrected chi connectivity index (χ1v) is 10.1. The summed E-state index contributed by atoms with van der Waals surface area (Å²) in [4.78, 5) is 12.5. The van der Waals surface area contributed by atoms with Gasteiger partial charge in [-0.2, -0.15) is 5.10 Å². The summed E-state index contributed by atoms with van der Waals surface area (Å²) in [7, 11) is 1.66. The van der Waals surface area contributed by atoms with Crippen LogP contribution >= 0.6 is 0 Å². The first kappa shape index (κ1) is 21.4. The van der Waals surface area contributed by atoms with Crippen LogP contribution in [-0.4, -0.2) is 22.8 Å². The van der Waals surface area contributed by atoms with Crippen molar-refractivity contribution in [2.45, 2.75) is 40.2 Å². The van der Waals surface area contributed by atoms with Crippen LogP contribution in [0.4, 0.5) is 5.69 Å². The van der Waals surface area contributed by atoms with E-state index < -0.39 is 0 Å². The number of ether oxygens (including phenoxy) is 1. The van der Waals surface area contributed by atoms with Gasteiger partial charge in [0.25, 0.3) is 0 Å². The summed E-state index contributed by atoms with van der Waals surface area (Å²) in [6.45, 7) is 8.80. The maximum atomic E-state index is 12.5. The molecule has 0 bridgehead atoms. The van der Waals surface area contributed by atoms with Crippen molar-refractivity contribution in [2.75, 3.05) is 12.4 Å². The zero-order valence-electron chi connectivity index (χ0n) is 18.3. The van der Waals surface area contributed by atoms with Crippen LogP contribution in [0.2, 0.25) is 0 Å². The molecule has 0 saturated heterocycles. The molecule has 0 aliphatic heterocycles. The predicted molar refractivity (Wildman–Crippen MR) is 122 cm³/mol. The van der Waals surface area contributed by atoms with E-state index in [2.05, 4.69) is 36.4 Å². The van der Waals surface area contributed by atoms with E-state index in [0.717, 1.165) is 34.0 Å². The number of nitrogens with zero attached hydrogens (tertiary/aromatic N) is 2. The minimum Gasteiger partial charge on any atom is -0.497 e. The maximum absolute atomic E-state index is 12.5. The second-order valence-corrected chi connectivity index (χ2v) is 7.70. The molecule has 1 aromatic heterocycles. The summed E-state index contributed by atoms with van der Waals surface area (Å²) in [6, 6.07) is 16.1.